The highest BCUT2D eigenvalue weighted by Crippen LogP contribution is 2.52. The van der Waals surface area contributed by atoms with Crippen LogP contribution in [-0.2, 0) is 9.53 Å². The van der Waals surface area contributed by atoms with Crippen molar-refractivity contribution in [3.05, 3.63) is 36.0 Å². The number of ether oxygens (including phenoxy) is 1. The highest BCUT2D eigenvalue weighted by atomic mass is 16.6. The molecule has 2 N–H and O–H groups in total. The van der Waals surface area contributed by atoms with Gasteiger partial charge in [-0.15, -0.1) is 0 Å². The maximum absolute atomic E-state index is 11.7. The smallest absolute Gasteiger partial charge is 0.334 e. The fourth-order valence-corrected chi connectivity index (χ4v) is 3.73. The number of rotatable bonds is 0. The largest absolute Gasteiger partial charge is 0.457 e. The van der Waals surface area contributed by atoms with E-state index in [4.69, 9.17) is 4.74 Å². The van der Waals surface area contributed by atoms with Crippen molar-refractivity contribution in [1.29, 1.82) is 0 Å². The molecule has 0 spiro atoms. The van der Waals surface area contributed by atoms with Crippen molar-refractivity contribution in [3.63, 3.8) is 0 Å². The van der Waals surface area contributed by atoms with Gasteiger partial charge in [-0.3, -0.25) is 0 Å². The lowest BCUT2D eigenvalue weighted by atomic mass is 9.77. The molecule has 0 radical (unpaired) electrons. The predicted octanol–water partition coefficient (Wildman–Crippen LogP) is 1.10. The summed E-state index contributed by atoms with van der Waals surface area (Å²) in [5, 5.41) is 21.2. The first kappa shape index (κ1) is 12.6. The van der Waals surface area contributed by atoms with E-state index < -0.39 is 29.7 Å². The van der Waals surface area contributed by atoms with Crippen LogP contribution in [0.1, 0.15) is 19.8 Å². The molecule has 4 nitrogen and oxygen atoms in total. The van der Waals surface area contributed by atoms with Gasteiger partial charge < -0.3 is 14.9 Å². The van der Waals surface area contributed by atoms with Crippen molar-refractivity contribution in [1.82, 2.24) is 0 Å². The van der Waals surface area contributed by atoms with Crippen LogP contribution < -0.4 is 0 Å². The molecule has 1 saturated carbocycles. The third-order valence-electron chi connectivity index (χ3n) is 4.81. The number of hydrogen-bond donors (Lipinski definition) is 2. The lowest BCUT2D eigenvalue weighted by Crippen LogP contribution is -2.43. The van der Waals surface area contributed by atoms with Gasteiger partial charge in [0.25, 0.3) is 0 Å². The number of hydrogen-bond acceptors (Lipinski definition) is 4. The highest BCUT2D eigenvalue weighted by molar-refractivity contribution is 5.91. The van der Waals surface area contributed by atoms with Gasteiger partial charge in [0.1, 0.15) is 6.10 Å². The Bertz CT molecular complexity index is 518. The van der Waals surface area contributed by atoms with Crippen LogP contribution in [0.5, 0.6) is 0 Å². The molecule has 1 heterocycles. The van der Waals surface area contributed by atoms with Gasteiger partial charge in [-0.25, -0.2) is 4.79 Å². The summed E-state index contributed by atoms with van der Waals surface area (Å²) in [5.74, 6) is -1.25. The summed E-state index contributed by atoms with van der Waals surface area (Å²) in [6.45, 7) is 9.58. The minimum Gasteiger partial charge on any atom is -0.457 e. The normalized spacial score (nSPS) is 45.4. The Morgan fingerprint density at radius 2 is 2.16 bits per heavy atom. The van der Waals surface area contributed by atoms with E-state index in [1.54, 1.807) is 0 Å². The third kappa shape index (κ3) is 1.50. The predicted molar refractivity (Wildman–Crippen MR) is 69.1 cm³/mol. The average molecular weight is 262 g/mol. The standard InChI is InChI=1S/C15H18O4/c1-7-4-5-15(18)8(2)6-10(16)11-9(3)14(17)19-13(11)12(7)15/h4,10-13,16,18H,2-3,5-6H2,1H3. The highest BCUT2D eigenvalue weighted by Gasteiger charge is 2.58. The van der Waals surface area contributed by atoms with Crippen LogP contribution in [-0.4, -0.2) is 34.0 Å². The fraction of sp³-hybridized carbons (Fsp3) is 0.533. The van der Waals surface area contributed by atoms with Crippen LogP contribution in [0, 0.1) is 11.8 Å². The van der Waals surface area contributed by atoms with Crippen LogP contribution >= 0.6 is 0 Å². The number of fused-ring (bicyclic) bond motifs is 3. The van der Waals surface area contributed by atoms with E-state index >= 15 is 0 Å². The quantitative estimate of drug-likeness (QED) is 0.390. The monoisotopic (exact) mass is 262 g/mol. The molecule has 5 unspecified atom stereocenters. The summed E-state index contributed by atoms with van der Waals surface area (Å²) in [5.41, 5.74) is 0.774. The second-order valence-corrected chi connectivity index (χ2v) is 5.85. The maximum atomic E-state index is 11.7. The van der Waals surface area contributed by atoms with Gasteiger partial charge in [-0.1, -0.05) is 24.8 Å². The number of aliphatic hydroxyl groups excluding tert-OH is 1. The van der Waals surface area contributed by atoms with Crippen molar-refractivity contribution in [2.24, 2.45) is 11.8 Å². The van der Waals surface area contributed by atoms with Crippen molar-refractivity contribution < 1.29 is 19.7 Å². The molecule has 2 fully saturated rings. The summed E-state index contributed by atoms with van der Waals surface area (Å²) in [6.07, 6.45) is 1.36. The van der Waals surface area contributed by atoms with Gasteiger partial charge >= 0.3 is 5.97 Å². The zero-order chi connectivity index (χ0) is 13.9. The molecule has 3 aliphatic rings. The maximum Gasteiger partial charge on any atom is 0.334 e. The summed E-state index contributed by atoms with van der Waals surface area (Å²) < 4.78 is 5.39. The summed E-state index contributed by atoms with van der Waals surface area (Å²) in [4.78, 5) is 11.7. The topological polar surface area (TPSA) is 66.8 Å². The first-order valence-corrected chi connectivity index (χ1v) is 6.51. The Kier molecular flexibility index (Phi) is 2.53. The number of carbonyl (C=O) groups excluding carboxylic acids is 1. The van der Waals surface area contributed by atoms with Crippen LogP contribution in [0.2, 0.25) is 0 Å². The Balaban J connectivity index is 2.11. The molecule has 0 aromatic heterocycles. The van der Waals surface area contributed by atoms with E-state index in [0.717, 1.165) is 5.57 Å². The minimum atomic E-state index is -1.12. The van der Waals surface area contributed by atoms with E-state index in [0.29, 0.717) is 17.6 Å². The molecule has 0 aromatic rings. The van der Waals surface area contributed by atoms with Crippen LogP contribution in [0.3, 0.4) is 0 Å². The Morgan fingerprint density at radius 3 is 2.84 bits per heavy atom. The van der Waals surface area contributed by atoms with Gasteiger partial charge in [0.2, 0.25) is 0 Å². The number of carbonyl (C=O) groups is 1. The summed E-state index contributed by atoms with van der Waals surface area (Å²) >= 11 is 0. The zero-order valence-corrected chi connectivity index (χ0v) is 10.9. The van der Waals surface area contributed by atoms with E-state index in [9.17, 15) is 15.0 Å². The van der Waals surface area contributed by atoms with Gasteiger partial charge in [-0.2, -0.15) is 0 Å². The van der Waals surface area contributed by atoms with Crippen molar-refractivity contribution in [2.75, 3.05) is 0 Å². The van der Waals surface area contributed by atoms with Crippen LogP contribution in [0.4, 0.5) is 0 Å². The molecular formula is C15H18O4. The van der Waals surface area contributed by atoms with E-state index in [2.05, 4.69) is 13.2 Å². The molecule has 0 aromatic carbocycles. The molecular weight excluding hydrogens is 244 g/mol. The number of esters is 1. The Labute approximate surface area is 112 Å². The average Bonchev–Trinajstić information content (AvgIpc) is 2.76. The third-order valence-corrected chi connectivity index (χ3v) is 4.81. The Morgan fingerprint density at radius 1 is 1.47 bits per heavy atom. The first-order valence-electron chi connectivity index (χ1n) is 6.51. The molecule has 1 saturated heterocycles. The zero-order valence-electron chi connectivity index (χ0n) is 10.9. The molecule has 4 heteroatoms. The molecule has 3 rings (SSSR count). The summed E-state index contributed by atoms with van der Waals surface area (Å²) in [6, 6.07) is 0. The lowest BCUT2D eigenvalue weighted by Gasteiger charge is -2.34. The molecule has 2 aliphatic carbocycles. The molecule has 0 bridgehead atoms. The van der Waals surface area contributed by atoms with Crippen LogP contribution in [0.15, 0.2) is 36.0 Å². The van der Waals surface area contributed by atoms with Crippen molar-refractivity contribution in [3.8, 4) is 0 Å². The van der Waals surface area contributed by atoms with Gasteiger partial charge in [0.05, 0.1) is 23.5 Å². The molecule has 19 heavy (non-hydrogen) atoms. The van der Waals surface area contributed by atoms with E-state index in [1.165, 1.54) is 0 Å². The van der Waals surface area contributed by atoms with Crippen LogP contribution in [0.25, 0.3) is 0 Å². The molecule has 0 amide bonds. The van der Waals surface area contributed by atoms with Crippen molar-refractivity contribution in [2.45, 2.75) is 37.6 Å². The molecule has 1 aliphatic heterocycles. The fourth-order valence-electron chi connectivity index (χ4n) is 3.73. The first-order chi connectivity index (χ1) is 8.86. The van der Waals surface area contributed by atoms with Crippen molar-refractivity contribution >= 4 is 5.97 Å². The van der Waals surface area contributed by atoms with E-state index in [1.807, 2.05) is 13.0 Å². The lowest BCUT2D eigenvalue weighted by molar-refractivity contribution is -0.143. The van der Waals surface area contributed by atoms with Gasteiger partial charge in [0, 0.05) is 5.57 Å². The number of aliphatic hydroxyl groups is 2. The minimum absolute atomic E-state index is 0.269. The SMILES string of the molecule is C=C1C(=O)OC2C1C(O)CC(=C)C1(O)CC=C(C)C21. The molecule has 102 valence electrons. The van der Waals surface area contributed by atoms with E-state index in [-0.39, 0.29) is 12.3 Å². The summed E-state index contributed by atoms with van der Waals surface area (Å²) in [7, 11) is 0. The second-order valence-electron chi connectivity index (χ2n) is 5.85. The van der Waals surface area contributed by atoms with Gasteiger partial charge in [-0.05, 0) is 25.3 Å². The second kappa shape index (κ2) is 3.81. The van der Waals surface area contributed by atoms with Gasteiger partial charge in [0.15, 0.2) is 0 Å². The molecule has 5 atom stereocenters. The Hall–Kier alpha value is -1.39.